The average molecular weight is 605 g/mol. The lowest BCUT2D eigenvalue weighted by atomic mass is 9.49. The van der Waals surface area contributed by atoms with Crippen molar-refractivity contribution in [1.29, 1.82) is 0 Å². The van der Waals surface area contributed by atoms with Gasteiger partial charge in [0.25, 0.3) is 0 Å². The van der Waals surface area contributed by atoms with Crippen LogP contribution in [0.15, 0.2) is 91.0 Å². The Bertz CT molecular complexity index is 1860. The highest BCUT2D eigenvalue weighted by molar-refractivity contribution is 7.88. The van der Waals surface area contributed by atoms with Crippen molar-refractivity contribution in [2.75, 3.05) is 6.61 Å². The van der Waals surface area contributed by atoms with Gasteiger partial charge in [-0.05, 0) is 90.5 Å². The Morgan fingerprint density at radius 1 is 0.727 bits per heavy atom. The highest BCUT2D eigenvalue weighted by atomic mass is 32.2. The first-order chi connectivity index (χ1) is 21.3. The highest BCUT2D eigenvalue weighted by Crippen LogP contribution is 2.64. The topological polar surface area (TPSA) is 69.7 Å². The maximum absolute atomic E-state index is 14.2. The van der Waals surface area contributed by atoms with Crippen molar-refractivity contribution < 1.29 is 22.1 Å². The number of carbonyl (C=O) groups is 1. The zero-order valence-electron chi connectivity index (χ0n) is 24.7. The number of benzene rings is 4. The second-order valence-electron chi connectivity index (χ2n) is 14.4. The van der Waals surface area contributed by atoms with Crippen LogP contribution in [0.5, 0.6) is 5.75 Å². The van der Waals surface area contributed by atoms with E-state index < -0.39 is 14.9 Å². The molecule has 4 aromatic rings. The predicted octanol–water partition coefficient (Wildman–Crippen LogP) is 7.73. The normalized spacial score (nSPS) is 32.7. The summed E-state index contributed by atoms with van der Waals surface area (Å²) in [7, 11) is -3.94. The zero-order chi connectivity index (χ0) is 29.7. The summed E-state index contributed by atoms with van der Waals surface area (Å²) in [6.45, 7) is 0.293. The lowest BCUT2D eigenvalue weighted by molar-refractivity contribution is -0.160. The fraction of sp³-hybridized carbons (Fsp3) is 0.395. The molecule has 11 rings (SSSR count). The van der Waals surface area contributed by atoms with Gasteiger partial charge in [-0.15, -0.1) is 0 Å². The Hall–Kier alpha value is -3.64. The Kier molecular flexibility index (Phi) is 5.73. The van der Waals surface area contributed by atoms with E-state index in [4.69, 9.17) is 8.92 Å². The van der Waals surface area contributed by atoms with E-state index in [0.29, 0.717) is 43.5 Å². The van der Waals surface area contributed by atoms with Crippen molar-refractivity contribution in [3.05, 3.63) is 113 Å². The maximum atomic E-state index is 14.2. The molecule has 44 heavy (non-hydrogen) atoms. The van der Waals surface area contributed by atoms with Crippen LogP contribution in [0.3, 0.4) is 0 Å². The van der Waals surface area contributed by atoms with E-state index >= 15 is 0 Å². The third kappa shape index (κ3) is 3.89. The number of carbonyl (C=O) groups excluding carboxylic acids is 1. The molecule has 0 heterocycles. The van der Waals surface area contributed by atoms with Crippen LogP contribution in [0.2, 0.25) is 0 Å². The van der Waals surface area contributed by atoms with Crippen LogP contribution in [0.25, 0.3) is 10.8 Å². The van der Waals surface area contributed by atoms with Gasteiger partial charge in [-0.25, -0.2) is 0 Å². The molecule has 7 aliphatic carbocycles. The van der Waals surface area contributed by atoms with Crippen molar-refractivity contribution in [2.45, 2.75) is 61.5 Å². The quantitative estimate of drug-likeness (QED) is 0.166. The minimum atomic E-state index is -3.94. The van der Waals surface area contributed by atoms with E-state index in [-0.39, 0.29) is 29.1 Å². The van der Waals surface area contributed by atoms with Crippen LogP contribution in [-0.4, -0.2) is 25.7 Å². The van der Waals surface area contributed by atoms with E-state index in [1.807, 2.05) is 36.4 Å². The van der Waals surface area contributed by atoms with Crippen LogP contribution in [0.4, 0.5) is 0 Å². The second-order valence-corrected chi connectivity index (χ2v) is 16.3. The smallest absolute Gasteiger partial charge is 0.315 e. The molecule has 4 aromatic carbocycles. The highest BCUT2D eigenvalue weighted by Gasteiger charge is 2.64. The van der Waals surface area contributed by atoms with E-state index in [2.05, 4.69) is 48.5 Å². The van der Waals surface area contributed by atoms with Gasteiger partial charge < -0.3 is 8.92 Å². The van der Waals surface area contributed by atoms with Crippen molar-refractivity contribution in [3.63, 3.8) is 0 Å². The third-order valence-electron chi connectivity index (χ3n) is 11.7. The molecule has 3 unspecified atom stereocenters. The summed E-state index contributed by atoms with van der Waals surface area (Å²) in [5.74, 6) is 0.846. The molecule has 7 aliphatic rings. The standard InChI is InChI=1S/C38H36O5S/c39-36(33-17-32-28-11-3-5-13-30(28)35(33)31-14-6-4-12-29(31)32)42-23-37-18-24-16-25(19-37)21-38(20-24,22-37)44(40,41)43-34-15-7-9-26-8-1-2-10-27(26)34/h1-15,24-25,32-33,35H,16-23H2. The first-order valence-corrected chi connectivity index (χ1v) is 17.5. The first-order valence-electron chi connectivity index (χ1n) is 16.1. The van der Waals surface area contributed by atoms with Gasteiger partial charge in [0, 0.05) is 22.6 Å². The number of ether oxygens (including phenoxy) is 1. The molecule has 0 aromatic heterocycles. The van der Waals surface area contributed by atoms with E-state index in [9.17, 15) is 13.2 Å². The van der Waals surface area contributed by atoms with Crippen LogP contribution in [0, 0.1) is 23.2 Å². The van der Waals surface area contributed by atoms with Gasteiger partial charge >= 0.3 is 16.1 Å². The lowest BCUT2D eigenvalue weighted by Gasteiger charge is -2.60. The zero-order valence-corrected chi connectivity index (χ0v) is 25.5. The summed E-state index contributed by atoms with van der Waals surface area (Å²) in [5, 5.41) is 1.76. The number of fused-ring (bicyclic) bond motifs is 2. The molecule has 4 saturated carbocycles. The van der Waals surface area contributed by atoms with Gasteiger partial charge in [-0.2, -0.15) is 8.42 Å². The number of rotatable bonds is 6. The van der Waals surface area contributed by atoms with E-state index in [1.54, 1.807) is 6.07 Å². The monoisotopic (exact) mass is 604 g/mol. The molecule has 6 bridgehead atoms. The largest absolute Gasteiger partial charge is 0.465 e. The van der Waals surface area contributed by atoms with Gasteiger partial charge in [0.05, 0.1) is 12.5 Å². The van der Waals surface area contributed by atoms with Gasteiger partial charge in [0.15, 0.2) is 0 Å². The van der Waals surface area contributed by atoms with Crippen LogP contribution in [0.1, 0.15) is 79.0 Å². The van der Waals surface area contributed by atoms with Crippen LogP contribution in [-0.2, 0) is 19.6 Å². The molecule has 0 radical (unpaired) electrons. The minimum absolute atomic E-state index is 0.00271. The molecule has 0 amide bonds. The number of hydrogen-bond donors (Lipinski definition) is 0. The molecule has 0 saturated heterocycles. The SMILES string of the molecule is O=C(OCC12CC3CC(C1)CC(S(=O)(=O)Oc1cccc4ccccc14)(C3)C2)C1CC2c3ccccc3C1c1ccccc12. The van der Waals surface area contributed by atoms with Crippen molar-refractivity contribution in [2.24, 2.45) is 23.2 Å². The van der Waals surface area contributed by atoms with Crippen LogP contribution >= 0.6 is 0 Å². The fourth-order valence-electron chi connectivity index (χ4n) is 10.5. The number of esters is 1. The molecule has 4 fully saturated rings. The fourth-order valence-corrected chi connectivity index (χ4v) is 12.4. The molecule has 6 heteroatoms. The Balaban J connectivity index is 0.983. The van der Waals surface area contributed by atoms with Gasteiger partial charge in [0.1, 0.15) is 10.5 Å². The van der Waals surface area contributed by atoms with E-state index in [0.717, 1.165) is 36.5 Å². The summed E-state index contributed by atoms with van der Waals surface area (Å²) in [6.07, 6.45) is 5.41. The molecule has 0 N–H and O–H groups in total. The van der Waals surface area contributed by atoms with Gasteiger partial charge in [-0.1, -0.05) is 84.9 Å². The molecule has 0 spiro atoms. The van der Waals surface area contributed by atoms with Gasteiger partial charge in [-0.3, -0.25) is 4.79 Å². The van der Waals surface area contributed by atoms with Gasteiger partial charge in [0.2, 0.25) is 0 Å². The first kappa shape index (κ1) is 26.7. The summed E-state index contributed by atoms with van der Waals surface area (Å²) in [5.41, 5.74) is 4.84. The average Bonchev–Trinajstić information content (AvgIpc) is 3.03. The molecule has 3 atom stereocenters. The Labute approximate surface area is 258 Å². The van der Waals surface area contributed by atoms with Crippen molar-refractivity contribution in [1.82, 2.24) is 0 Å². The summed E-state index contributed by atoms with van der Waals surface area (Å²) < 4.78 is 39.8. The third-order valence-corrected chi connectivity index (χ3v) is 13.7. The van der Waals surface area contributed by atoms with Crippen LogP contribution < -0.4 is 4.18 Å². The second kappa shape index (κ2) is 9.43. The van der Waals surface area contributed by atoms with Crippen molar-refractivity contribution >= 4 is 26.9 Å². The summed E-state index contributed by atoms with van der Waals surface area (Å²) in [6, 6.07) is 30.4. The predicted molar refractivity (Wildman–Crippen MR) is 169 cm³/mol. The summed E-state index contributed by atoms with van der Waals surface area (Å²) >= 11 is 0. The Morgan fingerprint density at radius 2 is 1.34 bits per heavy atom. The van der Waals surface area contributed by atoms with E-state index in [1.165, 1.54) is 22.3 Å². The number of hydrogen-bond acceptors (Lipinski definition) is 5. The van der Waals surface area contributed by atoms with Crippen molar-refractivity contribution in [3.8, 4) is 5.75 Å². The lowest BCUT2D eigenvalue weighted by Crippen LogP contribution is -2.61. The summed E-state index contributed by atoms with van der Waals surface area (Å²) in [4.78, 5) is 14.0. The molecule has 5 nitrogen and oxygen atoms in total. The maximum Gasteiger partial charge on any atom is 0.315 e. The Morgan fingerprint density at radius 3 is 2.05 bits per heavy atom. The molecular weight excluding hydrogens is 568 g/mol. The molecular formula is C38H36O5S. The molecule has 224 valence electrons. The minimum Gasteiger partial charge on any atom is -0.465 e. The molecule has 0 aliphatic heterocycles.